The molecule has 0 aliphatic carbocycles. The number of carbonyl (C=O) groups is 2. The number of nitrogens with zero attached hydrogens (tertiary/aromatic N) is 3. The Morgan fingerprint density at radius 1 is 1.14 bits per heavy atom. The molecule has 2 aromatic carbocycles. The first kappa shape index (κ1) is 29.1. The van der Waals surface area contributed by atoms with Gasteiger partial charge in [0.2, 0.25) is 21.8 Å². The van der Waals surface area contributed by atoms with Gasteiger partial charge in [-0.2, -0.15) is 0 Å². The van der Waals surface area contributed by atoms with Crippen LogP contribution >= 0.6 is 11.6 Å². The van der Waals surface area contributed by atoms with Crippen LogP contribution in [0.15, 0.2) is 42.5 Å². The number of nitrogens with one attached hydrogen (secondary N) is 1. The molecule has 196 valence electrons. The summed E-state index contributed by atoms with van der Waals surface area (Å²) >= 11 is 5.98. The average Bonchev–Trinajstić information content (AvgIpc) is 2.77. The van der Waals surface area contributed by atoms with E-state index in [0.717, 1.165) is 16.6 Å². The van der Waals surface area contributed by atoms with Gasteiger partial charge in [0.25, 0.3) is 5.69 Å². The Morgan fingerprint density at radius 3 is 2.25 bits per heavy atom. The van der Waals surface area contributed by atoms with Crippen molar-refractivity contribution in [3.05, 3.63) is 68.7 Å². The molecule has 0 saturated heterocycles. The Kier molecular flexibility index (Phi) is 9.83. The maximum atomic E-state index is 13.6. The SMILES string of the molecule is CCC(C(=O)NC(C)C)N(Cc1ccc(Cl)cc1)C(=O)CN(c1cc([N+](=O)[O-])ccc1C)S(C)(=O)=O. The van der Waals surface area contributed by atoms with E-state index in [0.29, 0.717) is 16.1 Å². The molecular weight excluding hydrogens is 508 g/mol. The maximum Gasteiger partial charge on any atom is 0.271 e. The Hall–Kier alpha value is -3.18. The largest absolute Gasteiger partial charge is 0.352 e. The van der Waals surface area contributed by atoms with E-state index in [1.807, 2.05) is 0 Å². The van der Waals surface area contributed by atoms with Crippen LogP contribution in [0.5, 0.6) is 0 Å². The number of benzene rings is 2. The summed E-state index contributed by atoms with van der Waals surface area (Å²) in [6, 6.07) is 9.51. The number of hydrogen-bond acceptors (Lipinski definition) is 6. The number of anilines is 1. The molecule has 36 heavy (non-hydrogen) atoms. The number of nitro benzene ring substituents is 1. The lowest BCUT2D eigenvalue weighted by molar-refractivity contribution is -0.384. The fourth-order valence-electron chi connectivity index (χ4n) is 3.66. The van der Waals surface area contributed by atoms with E-state index >= 15 is 0 Å². The van der Waals surface area contributed by atoms with E-state index < -0.39 is 33.4 Å². The van der Waals surface area contributed by atoms with Gasteiger partial charge in [-0.05, 0) is 50.5 Å². The summed E-state index contributed by atoms with van der Waals surface area (Å²) < 4.78 is 26.3. The van der Waals surface area contributed by atoms with Gasteiger partial charge in [0.1, 0.15) is 12.6 Å². The minimum Gasteiger partial charge on any atom is -0.352 e. The second-order valence-corrected chi connectivity index (χ2v) is 11.1. The Bertz CT molecular complexity index is 1220. The van der Waals surface area contributed by atoms with Crippen molar-refractivity contribution in [2.75, 3.05) is 17.1 Å². The third kappa shape index (κ3) is 7.66. The number of non-ortho nitro benzene ring substituents is 1. The van der Waals surface area contributed by atoms with Crippen LogP contribution in [0.3, 0.4) is 0 Å². The first-order valence-corrected chi connectivity index (χ1v) is 13.5. The predicted molar refractivity (Wildman–Crippen MR) is 139 cm³/mol. The monoisotopic (exact) mass is 538 g/mol. The fraction of sp³-hybridized carbons (Fsp3) is 0.417. The van der Waals surface area contributed by atoms with E-state index in [1.165, 1.54) is 17.0 Å². The summed E-state index contributed by atoms with van der Waals surface area (Å²) in [5, 5.41) is 14.6. The number of carbonyl (C=O) groups excluding carboxylic acids is 2. The summed E-state index contributed by atoms with van der Waals surface area (Å²) in [6.07, 6.45) is 1.21. The molecule has 10 nitrogen and oxygen atoms in total. The molecule has 0 aromatic heterocycles. The van der Waals surface area contributed by atoms with Crippen LogP contribution in [-0.2, 0) is 26.2 Å². The van der Waals surface area contributed by atoms with Crippen LogP contribution in [-0.4, -0.2) is 54.9 Å². The van der Waals surface area contributed by atoms with E-state index in [1.54, 1.807) is 52.0 Å². The third-order valence-electron chi connectivity index (χ3n) is 5.43. The van der Waals surface area contributed by atoms with Crippen molar-refractivity contribution >= 4 is 44.8 Å². The van der Waals surface area contributed by atoms with Gasteiger partial charge < -0.3 is 10.2 Å². The first-order valence-electron chi connectivity index (χ1n) is 11.3. The van der Waals surface area contributed by atoms with Crippen molar-refractivity contribution in [1.82, 2.24) is 10.2 Å². The van der Waals surface area contributed by atoms with E-state index in [9.17, 15) is 28.1 Å². The minimum atomic E-state index is -4.02. The molecule has 0 fully saturated rings. The standard InChI is InChI=1S/C24H31ClN4O6S/c1-6-21(24(31)26-16(2)3)27(14-18-8-10-19(25)11-9-18)23(30)15-28(36(5,34)35)22-13-20(29(32)33)12-7-17(22)4/h7-13,16,21H,6,14-15H2,1-5H3,(H,26,31). The predicted octanol–water partition coefficient (Wildman–Crippen LogP) is 3.65. The van der Waals surface area contributed by atoms with Crippen LogP contribution in [0.2, 0.25) is 5.02 Å². The number of amides is 2. The minimum absolute atomic E-state index is 0.0196. The molecule has 0 radical (unpaired) electrons. The van der Waals surface area contributed by atoms with Gasteiger partial charge in [-0.3, -0.25) is 24.0 Å². The lowest BCUT2D eigenvalue weighted by atomic mass is 10.1. The Balaban J connectivity index is 2.52. The van der Waals surface area contributed by atoms with Crippen molar-refractivity contribution < 1.29 is 22.9 Å². The molecule has 0 aliphatic heterocycles. The zero-order chi connectivity index (χ0) is 27.2. The van der Waals surface area contributed by atoms with Crippen molar-refractivity contribution in [2.24, 2.45) is 0 Å². The quantitative estimate of drug-likeness (QED) is 0.343. The molecule has 0 aliphatic rings. The lowest BCUT2D eigenvalue weighted by Gasteiger charge is -2.33. The first-order chi connectivity index (χ1) is 16.7. The molecule has 2 amide bonds. The average molecular weight is 539 g/mol. The smallest absolute Gasteiger partial charge is 0.271 e. The van der Waals surface area contributed by atoms with Gasteiger partial charge >= 0.3 is 0 Å². The number of aryl methyl sites for hydroxylation is 1. The van der Waals surface area contributed by atoms with E-state index in [4.69, 9.17) is 11.6 Å². The third-order valence-corrected chi connectivity index (χ3v) is 6.81. The summed E-state index contributed by atoms with van der Waals surface area (Å²) in [5.41, 5.74) is 0.845. The zero-order valence-electron chi connectivity index (χ0n) is 20.9. The van der Waals surface area contributed by atoms with Gasteiger partial charge in [-0.1, -0.05) is 36.7 Å². The summed E-state index contributed by atoms with van der Waals surface area (Å²) in [6.45, 7) is 6.34. The van der Waals surface area contributed by atoms with Gasteiger partial charge in [0, 0.05) is 29.7 Å². The van der Waals surface area contributed by atoms with E-state index in [2.05, 4.69) is 5.32 Å². The molecule has 0 heterocycles. The number of nitro groups is 1. The molecule has 0 spiro atoms. The van der Waals surface area contributed by atoms with Gasteiger partial charge in [-0.25, -0.2) is 8.42 Å². The van der Waals surface area contributed by atoms with Crippen LogP contribution in [0.4, 0.5) is 11.4 Å². The van der Waals surface area contributed by atoms with Gasteiger partial charge in [-0.15, -0.1) is 0 Å². The normalized spacial score (nSPS) is 12.2. The van der Waals surface area contributed by atoms with Crippen LogP contribution in [0, 0.1) is 17.0 Å². The van der Waals surface area contributed by atoms with Crippen molar-refractivity contribution in [1.29, 1.82) is 0 Å². The molecular formula is C24H31ClN4O6S. The van der Waals surface area contributed by atoms with Crippen LogP contribution < -0.4 is 9.62 Å². The van der Waals surface area contributed by atoms with Crippen LogP contribution in [0.25, 0.3) is 0 Å². The van der Waals surface area contributed by atoms with Crippen molar-refractivity contribution in [3.8, 4) is 0 Å². The summed E-state index contributed by atoms with van der Waals surface area (Å²) in [4.78, 5) is 38.6. The molecule has 2 rings (SSSR count). The molecule has 2 aromatic rings. The van der Waals surface area contributed by atoms with Crippen molar-refractivity contribution in [2.45, 2.75) is 52.7 Å². The summed E-state index contributed by atoms with van der Waals surface area (Å²) in [5.74, 6) is -1.00. The highest BCUT2D eigenvalue weighted by atomic mass is 35.5. The second-order valence-electron chi connectivity index (χ2n) is 8.73. The number of rotatable bonds is 11. The van der Waals surface area contributed by atoms with E-state index in [-0.39, 0.29) is 36.3 Å². The Morgan fingerprint density at radius 2 is 1.75 bits per heavy atom. The maximum absolute atomic E-state index is 13.6. The Labute approximate surface area is 216 Å². The number of halogens is 1. The molecule has 0 bridgehead atoms. The highest BCUT2D eigenvalue weighted by Crippen LogP contribution is 2.28. The highest BCUT2D eigenvalue weighted by molar-refractivity contribution is 7.92. The van der Waals surface area contributed by atoms with Crippen LogP contribution in [0.1, 0.15) is 38.3 Å². The lowest BCUT2D eigenvalue weighted by Crippen LogP contribution is -2.53. The molecule has 1 N–H and O–H groups in total. The fourth-order valence-corrected chi connectivity index (χ4v) is 4.69. The van der Waals surface area contributed by atoms with Gasteiger partial charge in [0.15, 0.2) is 0 Å². The molecule has 1 atom stereocenters. The topological polar surface area (TPSA) is 130 Å². The molecule has 1 unspecified atom stereocenters. The number of sulfonamides is 1. The molecule has 12 heteroatoms. The number of hydrogen-bond donors (Lipinski definition) is 1. The van der Waals surface area contributed by atoms with Crippen molar-refractivity contribution in [3.63, 3.8) is 0 Å². The highest BCUT2D eigenvalue weighted by Gasteiger charge is 2.32. The summed E-state index contributed by atoms with van der Waals surface area (Å²) in [7, 11) is -4.02. The zero-order valence-corrected chi connectivity index (χ0v) is 22.5. The van der Waals surface area contributed by atoms with Gasteiger partial charge in [0.05, 0.1) is 16.9 Å². The second kappa shape index (κ2) is 12.2. The molecule has 0 saturated carbocycles.